The van der Waals surface area contributed by atoms with Crippen molar-refractivity contribution in [3.8, 4) is 0 Å². The van der Waals surface area contributed by atoms with E-state index in [1.165, 1.54) is 44.9 Å². The molecule has 1 heterocycles. The molecule has 0 aromatic carbocycles. The highest BCUT2D eigenvalue weighted by Crippen LogP contribution is 2.43. The fourth-order valence-corrected chi connectivity index (χ4v) is 3.19. The summed E-state index contributed by atoms with van der Waals surface area (Å²) in [6, 6.07) is 2.92. The summed E-state index contributed by atoms with van der Waals surface area (Å²) in [7, 11) is 0. The first-order valence-corrected chi connectivity index (χ1v) is 6.16. The molecule has 0 amide bonds. The zero-order valence-electron chi connectivity index (χ0n) is 9.13. The normalized spacial score (nSPS) is 39.7. The highest BCUT2D eigenvalue weighted by Gasteiger charge is 2.50. The lowest BCUT2D eigenvalue weighted by Gasteiger charge is -2.16. The van der Waals surface area contributed by atoms with Gasteiger partial charge in [-0.15, -0.1) is 0 Å². The number of hydrogen-bond donors (Lipinski definition) is 0. The third-order valence-electron chi connectivity index (χ3n) is 3.88. The van der Waals surface area contributed by atoms with E-state index in [2.05, 4.69) is 18.7 Å². The van der Waals surface area contributed by atoms with Crippen molar-refractivity contribution in [1.82, 2.24) is 4.90 Å². The van der Waals surface area contributed by atoms with Crippen LogP contribution < -0.4 is 0 Å². The van der Waals surface area contributed by atoms with Gasteiger partial charge in [-0.2, -0.15) is 0 Å². The Morgan fingerprint density at radius 1 is 1.15 bits per heavy atom. The van der Waals surface area contributed by atoms with Crippen LogP contribution in [0.3, 0.4) is 0 Å². The summed E-state index contributed by atoms with van der Waals surface area (Å²) in [6.07, 6.45) is 10.1. The zero-order chi connectivity index (χ0) is 9.26. The smallest absolute Gasteiger partial charge is 0.0258 e. The Balaban J connectivity index is 1.86. The fraction of sp³-hybridized carbons (Fsp3) is 1.00. The van der Waals surface area contributed by atoms with Gasteiger partial charge in [0.25, 0.3) is 0 Å². The van der Waals surface area contributed by atoms with Crippen LogP contribution in [-0.2, 0) is 0 Å². The lowest BCUT2D eigenvalue weighted by molar-refractivity contribution is 0.319. The largest absolute Gasteiger partial charge is 0.291 e. The summed E-state index contributed by atoms with van der Waals surface area (Å²) < 4.78 is 0. The minimum absolute atomic E-state index is 0.915. The molecule has 0 aromatic heterocycles. The van der Waals surface area contributed by atoms with Crippen LogP contribution in [-0.4, -0.2) is 23.0 Å². The van der Waals surface area contributed by atoms with Crippen LogP contribution in [0.4, 0.5) is 0 Å². The maximum absolute atomic E-state index is 2.82. The molecule has 0 bridgehead atoms. The van der Waals surface area contributed by atoms with Gasteiger partial charge >= 0.3 is 0 Å². The fourth-order valence-electron chi connectivity index (χ4n) is 3.19. The van der Waals surface area contributed by atoms with E-state index >= 15 is 0 Å². The van der Waals surface area contributed by atoms with Gasteiger partial charge in [-0.25, -0.2) is 0 Å². The number of fused-ring (bicyclic) bond motifs is 1. The highest BCUT2D eigenvalue weighted by molar-refractivity contribution is 5.06. The van der Waals surface area contributed by atoms with Gasteiger partial charge in [-0.05, 0) is 25.7 Å². The molecule has 76 valence electrons. The highest BCUT2D eigenvalue weighted by atomic mass is 15.4. The molecule has 1 nitrogen and oxygen atoms in total. The quantitative estimate of drug-likeness (QED) is 0.602. The molecule has 2 aliphatic rings. The predicted octanol–water partition coefficient (Wildman–Crippen LogP) is 3.19. The third-order valence-corrected chi connectivity index (χ3v) is 3.88. The summed E-state index contributed by atoms with van der Waals surface area (Å²) in [6.45, 7) is 4.67. The van der Waals surface area contributed by atoms with Crippen molar-refractivity contribution in [3.05, 3.63) is 0 Å². The average Bonchev–Trinajstić information content (AvgIpc) is 2.88. The van der Waals surface area contributed by atoms with E-state index in [-0.39, 0.29) is 0 Å². The molecular weight excluding hydrogens is 158 g/mol. The van der Waals surface area contributed by atoms with Gasteiger partial charge in [0, 0.05) is 18.1 Å². The van der Waals surface area contributed by atoms with Crippen molar-refractivity contribution in [3.63, 3.8) is 0 Å². The van der Waals surface area contributed by atoms with Gasteiger partial charge in [0.2, 0.25) is 0 Å². The van der Waals surface area contributed by atoms with E-state index in [4.69, 9.17) is 0 Å². The summed E-state index contributed by atoms with van der Waals surface area (Å²) >= 11 is 0. The van der Waals surface area contributed by atoms with Gasteiger partial charge in [0.05, 0.1) is 0 Å². The number of nitrogens with zero attached hydrogens (tertiary/aromatic N) is 1. The SMILES string of the molecule is CCCC(CC)N1C2CCCCC21. The monoisotopic (exact) mass is 181 g/mol. The van der Waals surface area contributed by atoms with E-state index in [0.29, 0.717) is 0 Å². The number of hydrogen-bond acceptors (Lipinski definition) is 1. The molecule has 0 radical (unpaired) electrons. The van der Waals surface area contributed by atoms with E-state index in [9.17, 15) is 0 Å². The van der Waals surface area contributed by atoms with Crippen molar-refractivity contribution in [2.75, 3.05) is 0 Å². The average molecular weight is 181 g/mol. The van der Waals surface area contributed by atoms with Crippen molar-refractivity contribution in [1.29, 1.82) is 0 Å². The first-order chi connectivity index (χ1) is 6.38. The molecule has 1 saturated carbocycles. The van der Waals surface area contributed by atoms with Crippen LogP contribution in [0.15, 0.2) is 0 Å². The standard InChI is InChI=1S/C12H23N/c1-3-7-10(4-2)13-11-8-5-6-9-12(11)13/h10-12H,3-9H2,1-2H3. The molecule has 1 saturated heterocycles. The summed E-state index contributed by atoms with van der Waals surface area (Å²) in [4.78, 5) is 2.82. The molecule has 13 heavy (non-hydrogen) atoms. The Labute approximate surface area is 82.5 Å². The molecule has 3 atom stereocenters. The molecule has 2 fully saturated rings. The van der Waals surface area contributed by atoms with E-state index in [1.54, 1.807) is 0 Å². The summed E-state index contributed by atoms with van der Waals surface area (Å²) in [5, 5.41) is 0. The second-order valence-corrected chi connectivity index (χ2v) is 4.72. The predicted molar refractivity (Wildman–Crippen MR) is 56.9 cm³/mol. The first-order valence-electron chi connectivity index (χ1n) is 6.16. The van der Waals surface area contributed by atoms with Crippen LogP contribution in [0.1, 0.15) is 58.8 Å². The summed E-state index contributed by atoms with van der Waals surface area (Å²) in [5.74, 6) is 0. The number of likely N-dealkylation sites (tertiary alicyclic amines) is 1. The maximum atomic E-state index is 2.82. The Kier molecular flexibility index (Phi) is 2.92. The van der Waals surface area contributed by atoms with Crippen molar-refractivity contribution in [2.45, 2.75) is 76.9 Å². The van der Waals surface area contributed by atoms with Gasteiger partial charge < -0.3 is 0 Å². The van der Waals surface area contributed by atoms with Crippen molar-refractivity contribution < 1.29 is 0 Å². The van der Waals surface area contributed by atoms with Crippen molar-refractivity contribution in [2.24, 2.45) is 0 Å². The first kappa shape index (κ1) is 9.51. The topological polar surface area (TPSA) is 3.01 Å². The summed E-state index contributed by atoms with van der Waals surface area (Å²) in [5.41, 5.74) is 0. The zero-order valence-corrected chi connectivity index (χ0v) is 9.13. The van der Waals surface area contributed by atoms with Crippen LogP contribution in [0.2, 0.25) is 0 Å². The Bertz CT molecular complexity index is 155. The van der Waals surface area contributed by atoms with Crippen LogP contribution in [0.5, 0.6) is 0 Å². The van der Waals surface area contributed by atoms with Crippen LogP contribution in [0, 0.1) is 0 Å². The molecule has 1 heteroatoms. The molecule has 1 aliphatic carbocycles. The number of rotatable bonds is 4. The van der Waals surface area contributed by atoms with Gasteiger partial charge in [-0.3, -0.25) is 4.90 Å². The van der Waals surface area contributed by atoms with Crippen molar-refractivity contribution >= 4 is 0 Å². The van der Waals surface area contributed by atoms with Gasteiger partial charge in [-0.1, -0.05) is 33.1 Å². The van der Waals surface area contributed by atoms with Crippen LogP contribution >= 0.6 is 0 Å². The van der Waals surface area contributed by atoms with E-state index < -0.39 is 0 Å². The Morgan fingerprint density at radius 2 is 1.77 bits per heavy atom. The van der Waals surface area contributed by atoms with Crippen LogP contribution in [0.25, 0.3) is 0 Å². The maximum Gasteiger partial charge on any atom is 0.0258 e. The Morgan fingerprint density at radius 3 is 2.23 bits per heavy atom. The molecule has 2 rings (SSSR count). The lowest BCUT2D eigenvalue weighted by atomic mass is 10.0. The van der Waals surface area contributed by atoms with Gasteiger partial charge in [0.1, 0.15) is 0 Å². The second-order valence-electron chi connectivity index (χ2n) is 4.72. The molecular formula is C12H23N. The molecule has 1 aliphatic heterocycles. The minimum atomic E-state index is 0.915. The van der Waals surface area contributed by atoms with E-state index in [1.807, 2.05) is 0 Å². The third kappa shape index (κ3) is 1.76. The Hall–Kier alpha value is -0.0400. The van der Waals surface area contributed by atoms with E-state index in [0.717, 1.165) is 18.1 Å². The molecule has 3 unspecified atom stereocenters. The molecule has 0 aromatic rings. The minimum Gasteiger partial charge on any atom is -0.291 e. The lowest BCUT2D eigenvalue weighted by Crippen LogP contribution is -2.20. The second kappa shape index (κ2) is 4.00. The van der Waals surface area contributed by atoms with Gasteiger partial charge in [0.15, 0.2) is 0 Å². The molecule has 0 N–H and O–H groups in total. The molecule has 0 spiro atoms.